The van der Waals surface area contributed by atoms with Crippen molar-refractivity contribution in [3.05, 3.63) is 181 Å². The summed E-state index contributed by atoms with van der Waals surface area (Å²) in [5, 5.41) is 2.31. The number of fused-ring (bicyclic) bond motifs is 5. The normalized spacial score (nSPS) is 12.5. The molecule has 0 radical (unpaired) electrons. The summed E-state index contributed by atoms with van der Waals surface area (Å²) < 4.78 is 4.53. The first-order chi connectivity index (χ1) is 25.5. The molecule has 0 atom stereocenters. The van der Waals surface area contributed by atoms with E-state index in [1.165, 1.54) is 27.8 Å². The van der Waals surface area contributed by atoms with Gasteiger partial charge in [0.2, 0.25) is 0 Å². The summed E-state index contributed by atoms with van der Waals surface area (Å²) in [5.41, 5.74) is 15.2. The number of hydrogen-bond donors (Lipinski definition) is 0. The van der Waals surface area contributed by atoms with Gasteiger partial charge in [0.25, 0.3) is 0 Å². The van der Waals surface area contributed by atoms with E-state index in [2.05, 4.69) is 192 Å². The fourth-order valence-corrected chi connectivity index (χ4v) is 8.07. The molecule has 9 aromatic rings. The Morgan fingerprint density at radius 3 is 2.00 bits per heavy atom. The molecular weight excluding hydrogens is 830 g/mol. The number of imidazole rings is 1. The summed E-state index contributed by atoms with van der Waals surface area (Å²) in [7, 11) is 0. The Morgan fingerprint density at radius 1 is 0.547 bits per heavy atom. The molecule has 0 saturated heterocycles. The van der Waals surface area contributed by atoms with E-state index in [-0.39, 0.29) is 21.1 Å². The number of aromatic nitrogens is 3. The summed E-state index contributed by atoms with van der Waals surface area (Å²) in [6, 6.07) is 58.9. The minimum absolute atomic E-state index is 0. The number of rotatable bonds is 5. The van der Waals surface area contributed by atoms with Gasteiger partial charge in [0.05, 0.1) is 16.9 Å². The van der Waals surface area contributed by atoms with Crippen molar-refractivity contribution < 1.29 is 21.1 Å². The molecule has 1 aliphatic rings. The SMILES string of the molecule is Cc1cc(C)c(N2[CH-]N(c3[c-]c(-n4c5[c-]c(-c6nc7ccccc7n6-c6ccccc6)ccc5c5ccccc54)ccc3)c3ccccc32)c(C)c1.[Pt]. The van der Waals surface area contributed by atoms with Crippen LogP contribution >= 0.6 is 0 Å². The van der Waals surface area contributed by atoms with Crippen LogP contribution in [0.3, 0.4) is 0 Å². The molecule has 260 valence electrons. The van der Waals surface area contributed by atoms with Crippen LogP contribution in [0.2, 0.25) is 0 Å². The van der Waals surface area contributed by atoms with Gasteiger partial charge in [0.15, 0.2) is 0 Å². The van der Waals surface area contributed by atoms with Crippen LogP contribution in [0.25, 0.3) is 55.6 Å². The maximum atomic E-state index is 5.16. The second-order valence-corrected chi connectivity index (χ2v) is 13.6. The molecule has 53 heavy (non-hydrogen) atoms. The summed E-state index contributed by atoms with van der Waals surface area (Å²) in [5.74, 6) is 0.855. The zero-order chi connectivity index (χ0) is 34.9. The van der Waals surface area contributed by atoms with Gasteiger partial charge in [0, 0.05) is 49.3 Å². The summed E-state index contributed by atoms with van der Waals surface area (Å²) in [6.07, 6.45) is 0. The van der Waals surface area contributed by atoms with Crippen LogP contribution in [0.5, 0.6) is 0 Å². The van der Waals surface area contributed by atoms with E-state index in [4.69, 9.17) is 4.98 Å². The van der Waals surface area contributed by atoms with Crippen molar-refractivity contribution in [1.29, 1.82) is 0 Å². The third kappa shape index (κ3) is 5.30. The van der Waals surface area contributed by atoms with E-state index in [1.54, 1.807) is 0 Å². The second-order valence-electron chi connectivity index (χ2n) is 13.6. The third-order valence-electron chi connectivity index (χ3n) is 10.2. The number of para-hydroxylation sites is 6. The molecule has 10 rings (SSSR count). The molecule has 0 spiro atoms. The summed E-state index contributed by atoms with van der Waals surface area (Å²) in [6.45, 7) is 8.76. The van der Waals surface area contributed by atoms with Crippen LogP contribution < -0.4 is 9.80 Å². The Kier molecular flexibility index (Phi) is 8.05. The molecule has 0 unspecified atom stereocenters. The molecule has 6 heteroatoms. The first kappa shape index (κ1) is 33.0. The molecule has 0 saturated carbocycles. The Bertz CT molecular complexity index is 2810. The van der Waals surface area contributed by atoms with Crippen molar-refractivity contribution in [1.82, 2.24) is 14.1 Å². The van der Waals surface area contributed by atoms with Gasteiger partial charge in [-0.15, -0.1) is 54.3 Å². The molecule has 0 N–H and O–H groups in total. The Hall–Kier alpha value is -5.90. The number of anilines is 4. The fraction of sp³-hybridized carbons (Fsp3) is 0.0638. The van der Waals surface area contributed by atoms with Crippen LogP contribution in [0.15, 0.2) is 146 Å². The van der Waals surface area contributed by atoms with Crippen LogP contribution in [-0.4, -0.2) is 14.1 Å². The van der Waals surface area contributed by atoms with Crippen LogP contribution in [-0.2, 0) is 21.1 Å². The van der Waals surface area contributed by atoms with Crippen molar-refractivity contribution in [2.45, 2.75) is 20.8 Å². The maximum absolute atomic E-state index is 5.16. The molecule has 2 aromatic heterocycles. The maximum Gasteiger partial charge on any atom is 0.0774 e. The van der Waals surface area contributed by atoms with Gasteiger partial charge in [-0.2, -0.15) is 6.07 Å². The van der Waals surface area contributed by atoms with Crippen molar-refractivity contribution in [3.63, 3.8) is 0 Å². The van der Waals surface area contributed by atoms with Crippen LogP contribution in [0.1, 0.15) is 16.7 Å². The monoisotopic (exact) mass is 863 g/mol. The molecule has 7 aromatic carbocycles. The molecule has 0 aliphatic carbocycles. The van der Waals surface area contributed by atoms with Gasteiger partial charge in [-0.25, -0.2) is 0 Å². The Balaban J connectivity index is 0.00000372. The predicted octanol–water partition coefficient (Wildman–Crippen LogP) is 11.7. The number of aryl methyl sites for hydroxylation is 3. The fourth-order valence-electron chi connectivity index (χ4n) is 8.07. The smallest absolute Gasteiger partial charge is 0.0774 e. The van der Waals surface area contributed by atoms with Crippen LogP contribution in [0.4, 0.5) is 22.7 Å². The quantitative estimate of drug-likeness (QED) is 0.161. The number of hydrogen-bond acceptors (Lipinski definition) is 3. The zero-order valence-corrected chi connectivity index (χ0v) is 31.8. The molecule has 5 nitrogen and oxygen atoms in total. The molecular formula is C47H34N5Pt-3. The van der Waals surface area contributed by atoms with E-state index < -0.39 is 0 Å². The van der Waals surface area contributed by atoms with E-state index in [0.717, 1.165) is 67.3 Å². The second kappa shape index (κ2) is 12.9. The first-order valence-electron chi connectivity index (χ1n) is 17.7. The standard InChI is InChI=1S/C47H34N5.Pt/c1-31-26-32(2)46(33(3)27-31)50-30-49(43-22-11-12-23-44(43)50)36-16-13-17-37(29-36)51-41-20-9-7-18-38(41)39-25-24-34(28-45(39)51)47-48-40-19-8-10-21-42(40)52(47)35-14-5-4-6-15-35;/h4-27,30H,1-3H3;/q-3;. The van der Waals surface area contributed by atoms with E-state index in [9.17, 15) is 0 Å². The van der Waals surface area contributed by atoms with E-state index in [0.29, 0.717) is 0 Å². The Morgan fingerprint density at radius 2 is 1.21 bits per heavy atom. The molecule has 0 amide bonds. The third-order valence-corrected chi connectivity index (χ3v) is 10.2. The van der Waals surface area contributed by atoms with Crippen molar-refractivity contribution >= 4 is 55.6 Å². The minimum atomic E-state index is 0. The van der Waals surface area contributed by atoms with Crippen molar-refractivity contribution in [2.75, 3.05) is 9.80 Å². The van der Waals surface area contributed by atoms with Crippen molar-refractivity contribution in [2.24, 2.45) is 0 Å². The molecule has 0 fully saturated rings. The number of nitrogens with zero attached hydrogens (tertiary/aromatic N) is 5. The first-order valence-corrected chi connectivity index (χ1v) is 17.7. The van der Waals surface area contributed by atoms with E-state index >= 15 is 0 Å². The zero-order valence-electron chi connectivity index (χ0n) is 29.5. The predicted molar refractivity (Wildman–Crippen MR) is 214 cm³/mol. The van der Waals surface area contributed by atoms with Crippen molar-refractivity contribution in [3.8, 4) is 22.8 Å². The van der Waals surface area contributed by atoms with Gasteiger partial charge in [-0.1, -0.05) is 89.4 Å². The van der Waals surface area contributed by atoms with Gasteiger partial charge in [0.1, 0.15) is 0 Å². The van der Waals surface area contributed by atoms with Crippen LogP contribution in [0, 0.1) is 39.6 Å². The van der Waals surface area contributed by atoms with Gasteiger partial charge >= 0.3 is 0 Å². The molecule has 0 bridgehead atoms. The summed E-state index contributed by atoms with van der Waals surface area (Å²) >= 11 is 0. The minimum Gasteiger partial charge on any atom is -0.493 e. The number of benzene rings is 7. The van der Waals surface area contributed by atoms with Gasteiger partial charge in [-0.05, 0) is 85.3 Å². The van der Waals surface area contributed by atoms with Gasteiger partial charge in [-0.3, -0.25) is 4.98 Å². The van der Waals surface area contributed by atoms with E-state index in [1.807, 2.05) is 12.1 Å². The van der Waals surface area contributed by atoms with Gasteiger partial charge < -0.3 is 18.9 Å². The average Bonchev–Trinajstić information content (AvgIpc) is 3.85. The summed E-state index contributed by atoms with van der Waals surface area (Å²) in [4.78, 5) is 9.73. The topological polar surface area (TPSA) is 29.2 Å². The molecule has 3 heterocycles. The average molecular weight is 864 g/mol. The molecule has 1 aliphatic heterocycles. The largest absolute Gasteiger partial charge is 0.493 e. The Labute approximate surface area is 323 Å².